The van der Waals surface area contributed by atoms with Crippen LogP contribution in [0.15, 0.2) is 36.5 Å². The summed E-state index contributed by atoms with van der Waals surface area (Å²) < 4.78 is 7.17. The zero-order valence-corrected chi connectivity index (χ0v) is 15.8. The molecule has 0 spiro atoms. The first-order valence-corrected chi connectivity index (χ1v) is 9.75. The third kappa shape index (κ3) is 4.07. The van der Waals surface area contributed by atoms with Crippen molar-refractivity contribution < 1.29 is 14.3 Å². The second-order valence-electron chi connectivity index (χ2n) is 7.09. The Balaban J connectivity index is 1.47. The van der Waals surface area contributed by atoms with Crippen LogP contribution in [0, 0.1) is 0 Å². The van der Waals surface area contributed by atoms with Crippen LogP contribution in [0.1, 0.15) is 39.7 Å². The van der Waals surface area contributed by atoms with Gasteiger partial charge in [0.1, 0.15) is 0 Å². The Hall–Kier alpha value is -2.71. The lowest BCUT2D eigenvalue weighted by molar-refractivity contribution is 0.0303. The Morgan fingerprint density at radius 3 is 2.79 bits per heavy atom. The number of ether oxygens (including phenoxy) is 1. The summed E-state index contributed by atoms with van der Waals surface area (Å²) in [5.41, 5.74) is 1.32. The Labute approximate surface area is 163 Å². The van der Waals surface area contributed by atoms with E-state index in [4.69, 9.17) is 4.74 Å². The van der Waals surface area contributed by atoms with Gasteiger partial charge < -0.3 is 20.3 Å². The highest BCUT2D eigenvalue weighted by atomic mass is 16.5. The van der Waals surface area contributed by atoms with Crippen LogP contribution in [-0.2, 0) is 4.74 Å². The number of amides is 2. The molecule has 0 bridgehead atoms. The Bertz CT molecular complexity index is 838. The van der Waals surface area contributed by atoms with Crippen LogP contribution >= 0.6 is 0 Å². The van der Waals surface area contributed by atoms with Crippen molar-refractivity contribution in [1.29, 1.82) is 0 Å². The van der Waals surface area contributed by atoms with Gasteiger partial charge in [0, 0.05) is 25.8 Å². The van der Waals surface area contributed by atoms with E-state index in [0.717, 1.165) is 25.9 Å². The molecule has 1 aromatic carbocycles. The predicted octanol–water partition coefficient (Wildman–Crippen LogP) is 1.53. The van der Waals surface area contributed by atoms with Crippen molar-refractivity contribution in [2.24, 2.45) is 0 Å². The monoisotopic (exact) mass is 383 g/mol. The number of benzene rings is 1. The molecule has 2 amide bonds. The highest BCUT2D eigenvalue weighted by molar-refractivity contribution is 6.08. The minimum absolute atomic E-state index is 0.0991. The molecule has 2 aliphatic rings. The number of anilines is 1. The Morgan fingerprint density at radius 2 is 2.00 bits per heavy atom. The number of carbonyl (C=O) groups is 2. The summed E-state index contributed by atoms with van der Waals surface area (Å²) in [7, 11) is 0. The number of hydrogen-bond donors (Lipinski definition) is 2. The molecule has 0 saturated carbocycles. The minimum atomic E-state index is -0.315. The molecular formula is C20H25N5O3. The molecule has 1 unspecified atom stereocenters. The molecule has 148 valence electrons. The number of aromatic nitrogens is 2. The average Bonchev–Trinajstić information content (AvgIpc) is 3.25. The molecule has 1 aromatic heterocycles. The summed E-state index contributed by atoms with van der Waals surface area (Å²) in [6.07, 6.45) is 3.99. The largest absolute Gasteiger partial charge is 0.378 e. The Kier molecular flexibility index (Phi) is 5.68. The van der Waals surface area contributed by atoms with Gasteiger partial charge in [-0.25, -0.2) is 0 Å². The number of rotatable bonds is 4. The van der Waals surface area contributed by atoms with E-state index < -0.39 is 0 Å². The van der Waals surface area contributed by atoms with Gasteiger partial charge in [-0.3, -0.25) is 14.3 Å². The van der Waals surface area contributed by atoms with Gasteiger partial charge in [-0.05, 0) is 37.6 Å². The molecule has 0 radical (unpaired) electrons. The van der Waals surface area contributed by atoms with Crippen LogP contribution < -0.4 is 10.6 Å². The first kappa shape index (κ1) is 18.6. The van der Waals surface area contributed by atoms with E-state index in [1.54, 1.807) is 35.2 Å². The van der Waals surface area contributed by atoms with E-state index >= 15 is 0 Å². The molecule has 2 aliphatic heterocycles. The lowest BCUT2D eigenvalue weighted by atomic mass is 10.1. The quantitative estimate of drug-likeness (QED) is 0.836. The summed E-state index contributed by atoms with van der Waals surface area (Å²) in [5.74, 6) is -0.414. The van der Waals surface area contributed by atoms with Crippen molar-refractivity contribution in [2.45, 2.75) is 18.9 Å². The fourth-order valence-corrected chi connectivity index (χ4v) is 3.62. The maximum atomic E-state index is 12.8. The maximum Gasteiger partial charge on any atom is 0.276 e. The maximum absolute atomic E-state index is 12.8. The molecule has 28 heavy (non-hydrogen) atoms. The standard InChI is InChI=1S/C20H25N5O3/c26-19(18-7-9-25(23-18)15-4-3-8-21-14-15)22-17-6-2-1-5-16(17)20(27)24-10-12-28-13-11-24/h1-2,5-7,9,15,21H,3-4,8,10-14H2,(H,22,26). The van der Waals surface area contributed by atoms with Crippen LogP contribution in [-0.4, -0.2) is 65.9 Å². The van der Waals surface area contributed by atoms with E-state index in [-0.39, 0.29) is 17.9 Å². The molecule has 4 rings (SSSR count). The third-order valence-electron chi connectivity index (χ3n) is 5.19. The Morgan fingerprint density at radius 1 is 1.18 bits per heavy atom. The average molecular weight is 383 g/mol. The smallest absolute Gasteiger partial charge is 0.276 e. The third-order valence-corrected chi connectivity index (χ3v) is 5.19. The van der Waals surface area contributed by atoms with Crippen molar-refractivity contribution in [3.8, 4) is 0 Å². The normalized spacial score (nSPS) is 20.0. The fourth-order valence-electron chi connectivity index (χ4n) is 3.62. The molecule has 8 nitrogen and oxygen atoms in total. The molecule has 8 heteroatoms. The van der Waals surface area contributed by atoms with Crippen molar-refractivity contribution in [1.82, 2.24) is 20.0 Å². The molecule has 1 atom stereocenters. The van der Waals surface area contributed by atoms with Gasteiger partial charge in [0.05, 0.1) is 30.5 Å². The van der Waals surface area contributed by atoms with Crippen molar-refractivity contribution in [3.05, 3.63) is 47.8 Å². The number of nitrogens with one attached hydrogen (secondary N) is 2. The summed E-state index contributed by atoms with van der Waals surface area (Å²) in [5, 5.41) is 10.7. The first-order valence-electron chi connectivity index (χ1n) is 9.75. The highest BCUT2D eigenvalue weighted by Crippen LogP contribution is 2.20. The first-order chi connectivity index (χ1) is 13.7. The number of para-hydroxylation sites is 1. The van der Waals surface area contributed by atoms with E-state index in [9.17, 15) is 9.59 Å². The second kappa shape index (κ2) is 8.53. The zero-order valence-electron chi connectivity index (χ0n) is 15.8. The zero-order chi connectivity index (χ0) is 19.3. The predicted molar refractivity (Wildman–Crippen MR) is 104 cm³/mol. The molecule has 0 aliphatic carbocycles. The van der Waals surface area contributed by atoms with Gasteiger partial charge >= 0.3 is 0 Å². The summed E-state index contributed by atoms with van der Waals surface area (Å²) in [4.78, 5) is 27.3. The molecular weight excluding hydrogens is 358 g/mol. The topological polar surface area (TPSA) is 88.5 Å². The number of morpholine rings is 1. The number of hydrogen-bond acceptors (Lipinski definition) is 5. The van der Waals surface area contributed by atoms with E-state index in [1.165, 1.54) is 0 Å². The molecule has 3 heterocycles. The van der Waals surface area contributed by atoms with E-state index in [0.29, 0.717) is 43.2 Å². The minimum Gasteiger partial charge on any atom is -0.378 e. The summed E-state index contributed by atoms with van der Waals surface area (Å²) in [6.45, 7) is 4.07. The highest BCUT2D eigenvalue weighted by Gasteiger charge is 2.23. The van der Waals surface area contributed by atoms with Gasteiger partial charge in [-0.2, -0.15) is 5.10 Å². The van der Waals surface area contributed by atoms with Crippen LogP contribution in [0.2, 0.25) is 0 Å². The van der Waals surface area contributed by atoms with E-state index in [2.05, 4.69) is 15.7 Å². The number of carbonyl (C=O) groups excluding carboxylic acids is 2. The fraction of sp³-hybridized carbons (Fsp3) is 0.450. The molecule has 2 N–H and O–H groups in total. The number of nitrogens with zero attached hydrogens (tertiary/aromatic N) is 3. The van der Waals surface area contributed by atoms with E-state index in [1.807, 2.05) is 10.9 Å². The molecule has 2 saturated heterocycles. The van der Waals surface area contributed by atoms with Gasteiger partial charge in [-0.15, -0.1) is 0 Å². The SMILES string of the molecule is O=C(Nc1ccccc1C(=O)N1CCOCC1)c1ccn(C2CCCNC2)n1. The van der Waals surface area contributed by atoms with Crippen LogP contribution in [0.25, 0.3) is 0 Å². The van der Waals surface area contributed by atoms with Gasteiger partial charge in [0.2, 0.25) is 0 Å². The van der Waals surface area contributed by atoms with Gasteiger partial charge in [-0.1, -0.05) is 12.1 Å². The molecule has 2 fully saturated rings. The van der Waals surface area contributed by atoms with Gasteiger partial charge in [0.15, 0.2) is 5.69 Å². The van der Waals surface area contributed by atoms with Crippen molar-refractivity contribution in [3.63, 3.8) is 0 Å². The lowest BCUT2D eigenvalue weighted by Crippen LogP contribution is -2.41. The molecule has 2 aromatic rings. The summed E-state index contributed by atoms with van der Waals surface area (Å²) in [6, 6.07) is 9.07. The lowest BCUT2D eigenvalue weighted by Gasteiger charge is -2.27. The van der Waals surface area contributed by atoms with Crippen molar-refractivity contribution in [2.75, 3.05) is 44.7 Å². The van der Waals surface area contributed by atoms with Crippen LogP contribution in [0.4, 0.5) is 5.69 Å². The van der Waals surface area contributed by atoms with Crippen LogP contribution in [0.3, 0.4) is 0 Å². The second-order valence-corrected chi connectivity index (χ2v) is 7.09. The number of piperidine rings is 1. The van der Waals surface area contributed by atoms with Gasteiger partial charge in [0.25, 0.3) is 11.8 Å². The van der Waals surface area contributed by atoms with Crippen LogP contribution in [0.5, 0.6) is 0 Å². The summed E-state index contributed by atoms with van der Waals surface area (Å²) >= 11 is 0. The van der Waals surface area contributed by atoms with Crippen molar-refractivity contribution >= 4 is 17.5 Å².